The second kappa shape index (κ2) is 6.53. The fourth-order valence-electron chi connectivity index (χ4n) is 1.96. The highest BCUT2D eigenvalue weighted by atomic mass is 35.5. The lowest BCUT2D eigenvalue weighted by Gasteiger charge is -2.17. The quantitative estimate of drug-likeness (QED) is 0.880. The van der Waals surface area contributed by atoms with Gasteiger partial charge in [0.2, 0.25) is 0 Å². The van der Waals surface area contributed by atoms with Crippen molar-refractivity contribution in [3.8, 4) is 0 Å². The van der Waals surface area contributed by atoms with Gasteiger partial charge in [0.1, 0.15) is 0 Å². The number of halogens is 1. The summed E-state index contributed by atoms with van der Waals surface area (Å²) in [6.45, 7) is 2.99. The van der Waals surface area contributed by atoms with Crippen LogP contribution in [-0.4, -0.2) is 4.98 Å². The minimum atomic E-state index is 0.323. The van der Waals surface area contributed by atoms with Gasteiger partial charge in [-0.1, -0.05) is 36.7 Å². The third kappa shape index (κ3) is 3.56. The predicted molar refractivity (Wildman–Crippen MR) is 75.6 cm³/mol. The average Bonchev–Trinajstić information content (AvgIpc) is 2.41. The van der Waals surface area contributed by atoms with Crippen LogP contribution in [0.15, 0.2) is 48.8 Å². The Hall–Kier alpha value is -1.38. The zero-order chi connectivity index (χ0) is 12.8. The van der Waals surface area contributed by atoms with E-state index >= 15 is 0 Å². The van der Waals surface area contributed by atoms with Crippen LogP contribution in [-0.2, 0) is 6.54 Å². The molecule has 1 unspecified atom stereocenters. The van der Waals surface area contributed by atoms with E-state index in [1.165, 1.54) is 11.1 Å². The summed E-state index contributed by atoms with van der Waals surface area (Å²) in [6, 6.07) is 12.4. The van der Waals surface area contributed by atoms with Crippen molar-refractivity contribution in [2.75, 3.05) is 0 Å². The zero-order valence-electron chi connectivity index (χ0n) is 10.4. The highest BCUT2D eigenvalue weighted by molar-refractivity contribution is 6.30. The summed E-state index contributed by atoms with van der Waals surface area (Å²) in [4.78, 5) is 4.11. The van der Waals surface area contributed by atoms with Gasteiger partial charge >= 0.3 is 0 Å². The van der Waals surface area contributed by atoms with Gasteiger partial charge in [0.05, 0.1) is 0 Å². The SMILES string of the molecule is CCC(NCc1cccnc1)c1cccc(Cl)c1. The molecule has 0 saturated carbocycles. The van der Waals surface area contributed by atoms with Gasteiger partial charge < -0.3 is 5.32 Å². The van der Waals surface area contributed by atoms with Gasteiger partial charge in [-0.2, -0.15) is 0 Å². The monoisotopic (exact) mass is 260 g/mol. The second-order valence-corrected chi connectivity index (χ2v) is 4.69. The van der Waals surface area contributed by atoms with Gasteiger partial charge in [0, 0.05) is 30.0 Å². The average molecular weight is 261 g/mol. The fourth-order valence-corrected chi connectivity index (χ4v) is 2.16. The molecular formula is C15H17ClN2. The van der Waals surface area contributed by atoms with Crippen LogP contribution >= 0.6 is 11.6 Å². The Balaban J connectivity index is 2.02. The second-order valence-electron chi connectivity index (χ2n) is 4.26. The van der Waals surface area contributed by atoms with Crippen LogP contribution in [0.1, 0.15) is 30.5 Å². The van der Waals surface area contributed by atoms with Crippen molar-refractivity contribution in [1.82, 2.24) is 10.3 Å². The Morgan fingerprint density at radius 1 is 1.28 bits per heavy atom. The molecule has 0 radical (unpaired) electrons. The van der Waals surface area contributed by atoms with Crippen LogP contribution in [0.25, 0.3) is 0 Å². The van der Waals surface area contributed by atoms with E-state index in [-0.39, 0.29) is 0 Å². The largest absolute Gasteiger partial charge is 0.306 e. The van der Waals surface area contributed by atoms with E-state index in [2.05, 4.69) is 29.4 Å². The van der Waals surface area contributed by atoms with Crippen molar-refractivity contribution in [3.63, 3.8) is 0 Å². The number of benzene rings is 1. The number of nitrogens with zero attached hydrogens (tertiary/aromatic N) is 1. The highest BCUT2D eigenvalue weighted by Crippen LogP contribution is 2.20. The number of hydrogen-bond donors (Lipinski definition) is 1. The molecule has 0 aliphatic rings. The van der Waals surface area contributed by atoms with Crippen molar-refractivity contribution in [1.29, 1.82) is 0 Å². The zero-order valence-corrected chi connectivity index (χ0v) is 11.2. The predicted octanol–water partition coefficient (Wildman–Crippen LogP) is 3.98. The number of rotatable bonds is 5. The third-order valence-electron chi connectivity index (χ3n) is 2.93. The van der Waals surface area contributed by atoms with E-state index in [0.29, 0.717) is 6.04 Å². The van der Waals surface area contributed by atoms with E-state index in [1.54, 1.807) is 6.20 Å². The summed E-state index contributed by atoms with van der Waals surface area (Å²) in [5, 5.41) is 4.32. The van der Waals surface area contributed by atoms with Crippen molar-refractivity contribution < 1.29 is 0 Å². The topological polar surface area (TPSA) is 24.9 Å². The molecule has 0 fully saturated rings. The molecule has 1 heterocycles. The first kappa shape index (κ1) is 13.1. The Labute approximate surface area is 113 Å². The molecule has 2 nitrogen and oxygen atoms in total. The molecule has 1 N–H and O–H groups in total. The third-order valence-corrected chi connectivity index (χ3v) is 3.17. The Kier molecular flexibility index (Phi) is 4.73. The first-order valence-electron chi connectivity index (χ1n) is 6.17. The maximum Gasteiger partial charge on any atom is 0.0409 e. The molecule has 1 aromatic carbocycles. The molecule has 18 heavy (non-hydrogen) atoms. The van der Waals surface area contributed by atoms with Crippen LogP contribution in [0.5, 0.6) is 0 Å². The summed E-state index contributed by atoms with van der Waals surface area (Å²) in [6.07, 6.45) is 4.70. The molecule has 94 valence electrons. The van der Waals surface area contributed by atoms with Gasteiger partial charge in [-0.25, -0.2) is 0 Å². The summed E-state index contributed by atoms with van der Waals surface area (Å²) >= 11 is 6.03. The summed E-state index contributed by atoms with van der Waals surface area (Å²) < 4.78 is 0. The van der Waals surface area contributed by atoms with Gasteiger partial charge in [-0.05, 0) is 35.7 Å². The molecule has 0 amide bonds. The van der Waals surface area contributed by atoms with Gasteiger partial charge in [0.15, 0.2) is 0 Å². The van der Waals surface area contributed by atoms with Crippen molar-refractivity contribution >= 4 is 11.6 Å². The van der Waals surface area contributed by atoms with E-state index in [9.17, 15) is 0 Å². The number of nitrogens with one attached hydrogen (secondary N) is 1. The van der Waals surface area contributed by atoms with E-state index < -0.39 is 0 Å². The highest BCUT2D eigenvalue weighted by Gasteiger charge is 2.08. The summed E-state index contributed by atoms with van der Waals surface area (Å²) in [7, 11) is 0. The van der Waals surface area contributed by atoms with Crippen molar-refractivity contribution in [2.45, 2.75) is 25.9 Å². The fraction of sp³-hybridized carbons (Fsp3) is 0.267. The molecule has 0 aliphatic carbocycles. The maximum atomic E-state index is 6.03. The Bertz CT molecular complexity index is 485. The first-order chi connectivity index (χ1) is 8.79. The lowest BCUT2D eigenvalue weighted by molar-refractivity contribution is 0.518. The van der Waals surface area contributed by atoms with Gasteiger partial charge in [0.25, 0.3) is 0 Å². The van der Waals surface area contributed by atoms with E-state index in [0.717, 1.165) is 18.0 Å². The van der Waals surface area contributed by atoms with Crippen molar-refractivity contribution in [3.05, 3.63) is 64.9 Å². The summed E-state index contributed by atoms with van der Waals surface area (Å²) in [5.41, 5.74) is 2.42. The minimum absolute atomic E-state index is 0.323. The molecule has 0 saturated heterocycles. The van der Waals surface area contributed by atoms with Crippen LogP contribution in [0.4, 0.5) is 0 Å². The van der Waals surface area contributed by atoms with Crippen LogP contribution in [0.3, 0.4) is 0 Å². The van der Waals surface area contributed by atoms with Gasteiger partial charge in [-0.3, -0.25) is 4.98 Å². The molecular weight excluding hydrogens is 244 g/mol. The molecule has 3 heteroatoms. The van der Waals surface area contributed by atoms with Crippen LogP contribution < -0.4 is 5.32 Å². The molecule has 1 aromatic heterocycles. The molecule has 2 rings (SSSR count). The number of hydrogen-bond acceptors (Lipinski definition) is 2. The van der Waals surface area contributed by atoms with Crippen LogP contribution in [0.2, 0.25) is 5.02 Å². The molecule has 2 aromatic rings. The normalized spacial score (nSPS) is 12.3. The maximum absolute atomic E-state index is 6.03. The number of pyridine rings is 1. The molecule has 0 aliphatic heterocycles. The summed E-state index contributed by atoms with van der Waals surface area (Å²) in [5.74, 6) is 0. The van der Waals surface area contributed by atoms with Gasteiger partial charge in [-0.15, -0.1) is 0 Å². The van der Waals surface area contributed by atoms with E-state index in [1.807, 2.05) is 30.5 Å². The van der Waals surface area contributed by atoms with Crippen LogP contribution in [0, 0.1) is 0 Å². The lowest BCUT2D eigenvalue weighted by Crippen LogP contribution is -2.20. The van der Waals surface area contributed by atoms with E-state index in [4.69, 9.17) is 11.6 Å². The first-order valence-corrected chi connectivity index (χ1v) is 6.55. The smallest absolute Gasteiger partial charge is 0.0409 e. The Morgan fingerprint density at radius 2 is 2.17 bits per heavy atom. The van der Waals surface area contributed by atoms with Crippen molar-refractivity contribution in [2.24, 2.45) is 0 Å². The number of aromatic nitrogens is 1. The molecule has 0 spiro atoms. The lowest BCUT2D eigenvalue weighted by atomic mass is 10.0. The molecule has 1 atom stereocenters. The Morgan fingerprint density at radius 3 is 2.83 bits per heavy atom. The standard InChI is InChI=1S/C15H17ClN2/c1-2-15(13-6-3-7-14(16)9-13)18-11-12-5-4-8-17-10-12/h3-10,15,18H,2,11H2,1H3. The molecule has 0 bridgehead atoms. The minimum Gasteiger partial charge on any atom is -0.306 e.